The number of hydrogen-bond acceptors (Lipinski definition) is 9. The number of aliphatic carboxylic acids is 1. The van der Waals surface area contributed by atoms with Gasteiger partial charge in [0.1, 0.15) is 34.4 Å². The Hall–Kier alpha value is -5.46. The van der Waals surface area contributed by atoms with Gasteiger partial charge in [-0.3, -0.25) is 19.2 Å². The van der Waals surface area contributed by atoms with E-state index in [1.165, 1.54) is 0 Å². The number of methoxy groups -OCH3 is 2. The van der Waals surface area contributed by atoms with Crippen LogP contribution < -0.4 is 14.8 Å². The molecule has 0 radical (unpaired) electrons. The van der Waals surface area contributed by atoms with Crippen molar-refractivity contribution < 1.29 is 43.3 Å². The molecule has 57 heavy (non-hydrogen) atoms. The van der Waals surface area contributed by atoms with Gasteiger partial charge < -0.3 is 34.4 Å². The lowest BCUT2D eigenvalue weighted by Gasteiger charge is -2.32. The maximum atomic E-state index is 14.6. The van der Waals surface area contributed by atoms with Crippen molar-refractivity contribution in [1.82, 2.24) is 20.1 Å². The normalized spacial score (nSPS) is 26.9. The summed E-state index contributed by atoms with van der Waals surface area (Å²) in [6.45, 7) is 5.92. The molecule has 302 valence electrons. The minimum Gasteiger partial charge on any atom is -0.497 e. The number of carboxylic acid groups (broad SMARTS) is 1. The molecule has 7 rings (SSSR count). The molecule has 3 fully saturated rings. The van der Waals surface area contributed by atoms with Crippen LogP contribution in [-0.2, 0) is 23.9 Å². The highest BCUT2D eigenvalue weighted by Gasteiger charge is 2.62. The topological polar surface area (TPSA) is 165 Å². The lowest BCUT2D eigenvalue weighted by atomic mass is 9.92. The summed E-state index contributed by atoms with van der Waals surface area (Å²) < 4.78 is 16.6. The second-order valence-corrected chi connectivity index (χ2v) is 16.9. The van der Waals surface area contributed by atoms with Crippen LogP contribution in [0.4, 0.5) is 0 Å². The van der Waals surface area contributed by atoms with Gasteiger partial charge >= 0.3 is 11.9 Å². The van der Waals surface area contributed by atoms with E-state index in [4.69, 9.17) is 19.2 Å². The Morgan fingerprint density at radius 3 is 2.47 bits per heavy atom. The Bertz CT molecular complexity index is 2110. The number of benzene rings is 2. The summed E-state index contributed by atoms with van der Waals surface area (Å²) in [6, 6.07) is 13.8. The van der Waals surface area contributed by atoms with E-state index in [-0.39, 0.29) is 61.8 Å². The van der Waals surface area contributed by atoms with Crippen LogP contribution in [0.5, 0.6) is 11.5 Å². The molecule has 1 saturated carbocycles. The van der Waals surface area contributed by atoms with Crippen molar-refractivity contribution in [3.8, 4) is 22.6 Å². The van der Waals surface area contributed by atoms with Crippen LogP contribution in [0, 0.1) is 23.7 Å². The first-order chi connectivity index (χ1) is 27.2. The molecular weight excluding hydrogens is 729 g/mol. The van der Waals surface area contributed by atoms with E-state index in [1.807, 2.05) is 48.6 Å². The van der Waals surface area contributed by atoms with E-state index >= 15 is 0 Å². The molecule has 3 amide bonds. The quantitative estimate of drug-likeness (QED) is 0.226. The highest BCUT2D eigenvalue weighted by atomic mass is 16.6. The molecular formula is C44H52N4O9. The van der Waals surface area contributed by atoms with Gasteiger partial charge in [-0.2, -0.15) is 0 Å². The number of allylic oxidation sites excluding steroid dienone is 1. The maximum absolute atomic E-state index is 14.6. The lowest BCUT2D eigenvalue weighted by Crippen LogP contribution is -2.56. The number of fused-ring (bicyclic) bond motifs is 5. The second-order valence-electron chi connectivity index (χ2n) is 16.9. The molecule has 4 heterocycles. The van der Waals surface area contributed by atoms with Gasteiger partial charge in [0, 0.05) is 54.8 Å². The molecule has 6 atom stereocenters. The Morgan fingerprint density at radius 1 is 0.965 bits per heavy atom. The molecule has 13 nitrogen and oxygen atoms in total. The molecule has 0 unspecified atom stereocenters. The molecule has 4 aliphatic rings. The van der Waals surface area contributed by atoms with Crippen molar-refractivity contribution in [2.45, 2.75) is 82.9 Å². The zero-order valence-electron chi connectivity index (χ0n) is 33.3. The second kappa shape index (κ2) is 15.8. The molecule has 2 aromatic carbocycles. The largest absolute Gasteiger partial charge is 0.497 e. The van der Waals surface area contributed by atoms with E-state index in [2.05, 4.69) is 5.32 Å². The molecule has 0 bridgehead atoms. The predicted octanol–water partition coefficient (Wildman–Crippen LogP) is 5.65. The van der Waals surface area contributed by atoms with Crippen molar-refractivity contribution in [1.29, 1.82) is 0 Å². The summed E-state index contributed by atoms with van der Waals surface area (Å²) in [5.74, 6) is -3.43. The first kappa shape index (κ1) is 39.8. The van der Waals surface area contributed by atoms with Crippen molar-refractivity contribution >= 4 is 40.6 Å². The Morgan fingerprint density at radius 2 is 1.74 bits per heavy atom. The van der Waals surface area contributed by atoms with Crippen molar-refractivity contribution in [3.63, 3.8) is 0 Å². The van der Waals surface area contributed by atoms with E-state index in [9.17, 15) is 29.1 Å². The number of pyridine rings is 1. The highest BCUT2D eigenvalue weighted by Crippen LogP contribution is 2.47. The van der Waals surface area contributed by atoms with E-state index in [0.29, 0.717) is 29.9 Å². The SMILES string of the molecule is COc1cccc(-c2cc(C(=O)N3C[C@H]4CN5C(=O)[C@H](CC(=O)OC(C)(C)C)CCCCC/C=C\[C@@H]6C[C@@]6(C(=O)O)NC(=O)[C@@H]5[C@H]4C3)nc3cc(OC)ccc23)c1. The van der Waals surface area contributed by atoms with Crippen molar-refractivity contribution in [3.05, 3.63) is 66.4 Å². The smallest absolute Gasteiger partial charge is 0.330 e. The zero-order chi connectivity index (χ0) is 40.6. The number of esters is 1. The maximum Gasteiger partial charge on any atom is 0.330 e. The number of rotatable bonds is 7. The Kier molecular flexibility index (Phi) is 11.0. The third kappa shape index (κ3) is 8.20. The number of carboxylic acids is 1. The summed E-state index contributed by atoms with van der Waals surface area (Å²) in [6.07, 6.45) is 7.55. The molecule has 3 aliphatic heterocycles. The number of carbonyl (C=O) groups excluding carboxylic acids is 4. The minimum absolute atomic E-state index is 0.129. The monoisotopic (exact) mass is 780 g/mol. The van der Waals surface area contributed by atoms with Gasteiger partial charge in [0.05, 0.1) is 26.2 Å². The van der Waals surface area contributed by atoms with Crippen molar-refractivity contribution in [2.24, 2.45) is 23.7 Å². The van der Waals surface area contributed by atoms with Gasteiger partial charge in [0.25, 0.3) is 5.91 Å². The molecule has 1 aliphatic carbocycles. The van der Waals surface area contributed by atoms with Crippen LogP contribution in [0.2, 0.25) is 0 Å². The standard InChI is InChI=1S/C44H52N4O9/c1-43(2,3)57-37(49)19-27-12-9-7-6-8-10-14-29-22-44(29,42(53)54)46-39(50)38-34-25-47(23-28(34)24-48(38)40(27)51)41(52)36-21-33(26-13-11-15-30(18-26)55-4)32-17-16-31(56-5)20-35(32)45-36/h10-11,13-18,20-21,27-29,34,38H,6-9,12,19,22-25H2,1-5H3,(H,46,50)(H,53,54)/b14-10-/t27-,28-,29+,34-,38-,44+/m0/s1. The zero-order valence-corrected chi connectivity index (χ0v) is 33.3. The lowest BCUT2D eigenvalue weighted by molar-refractivity contribution is -0.159. The van der Waals surface area contributed by atoms with Gasteiger partial charge in [-0.05, 0) is 87.9 Å². The molecule has 3 aromatic rings. The number of hydrogen-bond donors (Lipinski definition) is 2. The Labute approximate surface area is 332 Å². The van der Waals surface area contributed by atoms with Gasteiger partial charge in [-0.25, -0.2) is 9.78 Å². The third-order valence-corrected chi connectivity index (χ3v) is 11.8. The van der Waals surface area contributed by atoms with Crippen LogP contribution in [-0.4, -0.2) is 101 Å². The van der Waals surface area contributed by atoms with Gasteiger partial charge in [0.15, 0.2) is 0 Å². The average molecular weight is 781 g/mol. The number of carbonyl (C=O) groups is 5. The summed E-state index contributed by atoms with van der Waals surface area (Å²) in [4.78, 5) is 77.3. The van der Waals surface area contributed by atoms with Crippen molar-refractivity contribution in [2.75, 3.05) is 33.9 Å². The number of nitrogens with one attached hydrogen (secondary N) is 1. The first-order valence-corrected chi connectivity index (χ1v) is 19.9. The van der Waals surface area contributed by atoms with Crippen LogP contribution in [0.25, 0.3) is 22.0 Å². The van der Waals surface area contributed by atoms with Gasteiger partial charge in [0.2, 0.25) is 11.8 Å². The third-order valence-electron chi connectivity index (χ3n) is 11.8. The van der Waals surface area contributed by atoms with E-state index in [1.54, 1.807) is 56.9 Å². The summed E-state index contributed by atoms with van der Waals surface area (Å²) >= 11 is 0. The summed E-state index contributed by atoms with van der Waals surface area (Å²) in [5.41, 5.74) is 0.188. The molecule has 1 aromatic heterocycles. The van der Waals surface area contributed by atoms with Gasteiger partial charge in [-0.15, -0.1) is 0 Å². The van der Waals surface area contributed by atoms with Crippen LogP contribution >= 0.6 is 0 Å². The number of ether oxygens (including phenoxy) is 3. The molecule has 13 heteroatoms. The fourth-order valence-corrected chi connectivity index (χ4v) is 8.89. The highest BCUT2D eigenvalue weighted by molar-refractivity contribution is 6.02. The van der Waals surface area contributed by atoms with E-state index in [0.717, 1.165) is 35.8 Å². The van der Waals surface area contributed by atoms with Crippen LogP contribution in [0.1, 0.15) is 76.2 Å². The average Bonchev–Trinajstić information content (AvgIpc) is 3.53. The van der Waals surface area contributed by atoms with Crippen LogP contribution in [0.3, 0.4) is 0 Å². The van der Waals surface area contributed by atoms with E-state index < -0.39 is 46.9 Å². The van der Waals surface area contributed by atoms with Crippen LogP contribution in [0.15, 0.2) is 60.7 Å². The minimum atomic E-state index is -1.48. The Balaban J connectivity index is 1.21. The summed E-state index contributed by atoms with van der Waals surface area (Å²) in [7, 11) is 3.16. The fraction of sp³-hybridized carbons (Fsp3) is 0.500. The number of nitrogens with zero attached hydrogens (tertiary/aromatic N) is 3. The fourth-order valence-electron chi connectivity index (χ4n) is 8.89. The first-order valence-electron chi connectivity index (χ1n) is 19.9. The number of amides is 3. The number of likely N-dealkylation sites (tertiary alicyclic amines) is 1. The molecule has 2 N–H and O–H groups in total. The van der Waals surface area contributed by atoms with Gasteiger partial charge in [-0.1, -0.05) is 37.1 Å². The number of aromatic nitrogens is 1. The molecule has 0 spiro atoms. The summed E-state index contributed by atoms with van der Waals surface area (Å²) in [5, 5.41) is 14.0. The predicted molar refractivity (Wildman–Crippen MR) is 211 cm³/mol. The molecule has 2 saturated heterocycles.